The van der Waals surface area contributed by atoms with Crippen molar-refractivity contribution in [2.24, 2.45) is 0 Å². The molecule has 0 heterocycles. The minimum Gasteiger partial charge on any atom is -0.388 e. The van der Waals surface area contributed by atoms with Crippen LogP contribution >= 0.6 is 11.6 Å². The Hall–Kier alpha value is -0.780. The third-order valence-corrected chi connectivity index (χ3v) is 4.24. The highest BCUT2D eigenvalue weighted by atomic mass is 35.5. The van der Waals surface area contributed by atoms with Crippen LogP contribution in [0.3, 0.4) is 0 Å². The fourth-order valence-electron chi connectivity index (χ4n) is 1.26. The fourth-order valence-corrected chi connectivity index (χ4v) is 2.07. The standard InChI is InChI=1S/C12H18ClNO3S/c1-8(12(2,3)15)14-11-7-9(18(4,16)17)5-6-10(11)13/h5-8,14-15H,1-4H3. The van der Waals surface area contributed by atoms with Crippen molar-refractivity contribution >= 4 is 27.1 Å². The van der Waals surface area contributed by atoms with E-state index in [0.29, 0.717) is 10.7 Å². The number of benzene rings is 1. The van der Waals surface area contributed by atoms with Crippen LogP contribution in [0, 0.1) is 0 Å². The van der Waals surface area contributed by atoms with Gasteiger partial charge < -0.3 is 10.4 Å². The molecule has 6 heteroatoms. The lowest BCUT2D eigenvalue weighted by atomic mass is 10.0. The van der Waals surface area contributed by atoms with Gasteiger partial charge in [-0.05, 0) is 39.0 Å². The molecule has 0 aliphatic carbocycles. The van der Waals surface area contributed by atoms with E-state index in [2.05, 4.69) is 5.32 Å². The van der Waals surface area contributed by atoms with E-state index in [-0.39, 0.29) is 10.9 Å². The highest BCUT2D eigenvalue weighted by molar-refractivity contribution is 7.90. The van der Waals surface area contributed by atoms with Crippen LogP contribution < -0.4 is 5.32 Å². The van der Waals surface area contributed by atoms with Crippen LogP contribution in [0.1, 0.15) is 20.8 Å². The van der Waals surface area contributed by atoms with Crippen molar-refractivity contribution in [2.45, 2.75) is 37.3 Å². The molecule has 0 saturated heterocycles. The Morgan fingerprint density at radius 3 is 2.39 bits per heavy atom. The predicted molar refractivity (Wildman–Crippen MR) is 73.9 cm³/mol. The van der Waals surface area contributed by atoms with Gasteiger partial charge in [0.05, 0.1) is 27.2 Å². The lowest BCUT2D eigenvalue weighted by Gasteiger charge is -2.28. The molecule has 0 spiro atoms. The van der Waals surface area contributed by atoms with E-state index in [9.17, 15) is 13.5 Å². The Kier molecular flexibility index (Phi) is 4.30. The molecule has 0 radical (unpaired) electrons. The topological polar surface area (TPSA) is 66.4 Å². The average molecular weight is 292 g/mol. The molecule has 0 aromatic heterocycles. The van der Waals surface area contributed by atoms with Crippen LogP contribution in [-0.2, 0) is 9.84 Å². The zero-order chi connectivity index (χ0) is 14.1. The molecule has 1 unspecified atom stereocenters. The largest absolute Gasteiger partial charge is 0.388 e. The average Bonchev–Trinajstić information content (AvgIpc) is 2.18. The van der Waals surface area contributed by atoms with Crippen LogP contribution in [0.25, 0.3) is 0 Å². The first-order valence-corrected chi connectivity index (χ1v) is 7.77. The van der Waals surface area contributed by atoms with E-state index >= 15 is 0 Å². The van der Waals surface area contributed by atoms with Crippen molar-refractivity contribution in [3.05, 3.63) is 23.2 Å². The summed E-state index contributed by atoms with van der Waals surface area (Å²) in [6.07, 6.45) is 1.14. The zero-order valence-corrected chi connectivity index (χ0v) is 12.4. The number of hydrogen-bond donors (Lipinski definition) is 2. The number of anilines is 1. The molecule has 102 valence electrons. The van der Waals surface area contributed by atoms with Crippen LogP contribution in [0.4, 0.5) is 5.69 Å². The second-order valence-corrected chi connectivity index (χ2v) is 7.36. The lowest BCUT2D eigenvalue weighted by Crippen LogP contribution is -2.39. The maximum atomic E-state index is 11.5. The molecule has 1 aromatic carbocycles. The summed E-state index contributed by atoms with van der Waals surface area (Å²) in [5.74, 6) is 0. The first-order chi connectivity index (χ1) is 8.01. The van der Waals surface area contributed by atoms with Crippen LogP contribution in [0.5, 0.6) is 0 Å². The van der Waals surface area contributed by atoms with Gasteiger partial charge >= 0.3 is 0 Å². The molecule has 0 fully saturated rings. The molecular weight excluding hydrogens is 274 g/mol. The highest BCUT2D eigenvalue weighted by Gasteiger charge is 2.23. The predicted octanol–water partition coefficient (Wildman–Crippen LogP) is 2.31. The van der Waals surface area contributed by atoms with Crippen molar-refractivity contribution in [3.8, 4) is 0 Å². The molecule has 1 aromatic rings. The molecule has 2 N–H and O–H groups in total. The van der Waals surface area contributed by atoms with Crippen LogP contribution in [-0.4, -0.2) is 31.4 Å². The number of hydrogen-bond acceptors (Lipinski definition) is 4. The molecule has 0 amide bonds. The Labute approximate surface area is 113 Å². The maximum Gasteiger partial charge on any atom is 0.175 e. The smallest absolute Gasteiger partial charge is 0.175 e. The Morgan fingerprint density at radius 2 is 1.94 bits per heavy atom. The van der Waals surface area contributed by atoms with E-state index in [4.69, 9.17) is 11.6 Å². The van der Waals surface area contributed by atoms with E-state index < -0.39 is 15.4 Å². The minimum atomic E-state index is -3.27. The first-order valence-electron chi connectivity index (χ1n) is 5.50. The van der Waals surface area contributed by atoms with Crippen molar-refractivity contribution in [1.82, 2.24) is 0 Å². The molecule has 0 aliphatic rings. The van der Waals surface area contributed by atoms with E-state index in [1.54, 1.807) is 20.8 Å². The van der Waals surface area contributed by atoms with Crippen molar-refractivity contribution < 1.29 is 13.5 Å². The summed E-state index contributed by atoms with van der Waals surface area (Å²) < 4.78 is 22.9. The quantitative estimate of drug-likeness (QED) is 0.893. The van der Waals surface area contributed by atoms with Gasteiger partial charge in [-0.25, -0.2) is 8.42 Å². The van der Waals surface area contributed by atoms with Gasteiger partial charge in [0.2, 0.25) is 0 Å². The summed E-state index contributed by atoms with van der Waals surface area (Å²) in [5, 5.41) is 13.3. The molecule has 18 heavy (non-hydrogen) atoms. The van der Waals surface area contributed by atoms with Crippen LogP contribution in [0.15, 0.2) is 23.1 Å². The number of nitrogens with one attached hydrogen (secondary N) is 1. The summed E-state index contributed by atoms with van der Waals surface area (Å²) in [5.41, 5.74) is -0.445. The number of sulfone groups is 1. The van der Waals surface area contributed by atoms with Crippen molar-refractivity contribution in [3.63, 3.8) is 0 Å². The molecule has 0 saturated carbocycles. The van der Waals surface area contributed by atoms with Gasteiger partial charge in [0.25, 0.3) is 0 Å². The van der Waals surface area contributed by atoms with Crippen molar-refractivity contribution in [2.75, 3.05) is 11.6 Å². The van der Waals surface area contributed by atoms with E-state index in [1.165, 1.54) is 18.2 Å². The summed E-state index contributed by atoms with van der Waals surface area (Å²) >= 11 is 6.00. The molecule has 1 atom stereocenters. The fraction of sp³-hybridized carbons (Fsp3) is 0.500. The normalized spacial score (nSPS) is 14.3. The monoisotopic (exact) mass is 291 g/mol. The summed E-state index contributed by atoms with van der Waals surface area (Å²) in [4.78, 5) is 0.192. The second-order valence-electron chi connectivity index (χ2n) is 4.93. The van der Waals surface area contributed by atoms with Gasteiger partial charge in [-0.2, -0.15) is 0 Å². The second kappa shape index (κ2) is 5.07. The van der Waals surface area contributed by atoms with Gasteiger partial charge in [0.15, 0.2) is 9.84 Å². The minimum absolute atomic E-state index is 0.192. The van der Waals surface area contributed by atoms with Gasteiger partial charge in [0.1, 0.15) is 0 Å². The summed E-state index contributed by atoms with van der Waals surface area (Å²) in [6.45, 7) is 5.13. The SMILES string of the molecule is CC(Nc1cc(S(C)(=O)=O)ccc1Cl)C(C)(C)O. The molecule has 0 bridgehead atoms. The van der Waals surface area contributed by atoms with E-state index in [1.807, 2.05) is 0 Å². The summed E-state index contributed by atoms with van der Waals surface area (Å²) in [6, 6.07) is 4.18. The number of rotatable bonds is 4. The van der Waals surface area contributed by atoms with Gasteiger partial charge in [-0.1, -0.05) is 11.6 Å². The molecule has 4 nitrogen and oxygen atoms in total. The Balaban J connectivity index is 3.10. The Bertz CT molecular complexity index is 535. The lowest BCUT2D eigenvalue weighted by molar-refractivity contribution is 0.0649. The third kappa shape index (κ3) is 3.86. The molecular formula is C12H18ClNO3S. The zero-order valence-electron chi connectivity index (χ0n) is 10.9. The first kappa shape index (κ1) is 15.3. The summed E-state index contributed by atoms with van der Waals surface area (Å²) in [7, 11) is -3.27. The van der Waals surface area contributed by atoms with Crippen molar-refractivity contribution in [1.29, 1.82) is 0 Å². The maximum absolute atomic E-state index is 11.5. The molecule has 0 aliphatic heterocycles. The van der Waals surface area contributed by atoms with E-state index in [0.717, 1.165) is 6.26 Å². The number of aliphatic hydroxyl groups is 1. The molecule has 1 rings (SSSR count). The van der Waals surface area contributed by atoms with Gasteiger partial charge in [-0.15, -0.1) is 0 Å². The third-order valence-electron chi connectivity index (χ3n) is 2.80. The highest BCUT2D eigenvalue weighted by Crippen LogP contribution is 2.27. The Morgan fingerprint density at radius 1 is 1.39 bits per heavy atom. The van der Waals surface area contributed by atoms with Gasteiger partial charge in [0, 0.05) is 6.26 Å². The van der Waals surface area contributed by atoms with Crippen LogP contribution in [0.2, 0.25) is 5.02 Å². The number of halogens is 1. The van der Waals surface area contributed by atoms with Gasteiger partial charge in [-0.3, -0.25) is 0 Å².